The van der Waals surface area contributed by atoms with Gasteiger partial charge in [-0.2, -0.15) is 0 Å². The maximum atomic E-state index is 12.4. The second-order valence-electron chi connectivity index (χ2n) is 7.70. The third kappa shape index (κ3) is 2.94. The summed E-state index contributed by atoms with van der Waals surface area (Å²) in [5, 5.41) is 6.60. The Morgan fingerprint density at radius 1 is 1.36 bits per heavy atom. The first kappa shape index (κ1) is 18.2. The number of para-hydroxylation sites is 1. The van der Waals surface area contributed by atoms with Gasteiger partial charge in [-0.3, -0.25) is 9.59 Å². The Morgan fingerprint density at radius 2 is 2.11 bits per heavy atom. The van der Waals surface area contributed by atoms with E-state index < -0.39 is 5.97 Å². The van der Waals surface area contributed by atoms with Crippen molar-refractivity contribution in [3.8, 4) is 5.75 Å². The van der Waals surface area contributed by atoms with Gasteiger partial charge in [0.1, 0.15) is 17.7 Å². The number of esters is 1. The van der Waals surface area contributed by atoms with Crippen molar-refractivity contribution in [2.45, 2.75) is 45.8 Å². The first-order valence-corrected chi connectivity index (χ1v) is 9.11. The van der Waals surface area contributed by atoms with E-state index >= 15 is 0 Å². The summed E-state index contributed by atoms with van der Waals surface area (Å²) in [5.41, 5.74) is 0.433. The molecule has 8 heteroatoms. The monoisotopic (exact) mass is 383 g/mol. The van der Waals surface area contributed by atoms with Gasteiger partial charge in [-0.15, -0.1) is 0 Å². The molecule has 1 N–H and O–H groups in total. The third-order valence-electron chi connectivity index (χ3n) is 5.48. The molecule has 0 saturated carbocycles. The van der Waals surface area contributed by atoms with Crippen LogP contribution in [-0.4, -0.2) is 34.0 Å². The van der Waals surface area contributed by atoms with Gasteiger partial charge in [0.25, 0.3) is 0 Å². The predicted octanol–water partition coefficient (Wildman–Crippen LogP) is 2.35. The van der Waals surface area contributed by atoms with Gasteiger partial charge in [0.2, 0.25) is 11.8 Å². The molecule has 2 amide bonds. The van der Waals surface area contributed by atoms with Gasteiger partial charge in [0.15, 0.2) is 5.69 Å². The lowest BCUT2D eigenvalue weighted by Crippen LogP contribution is -2.46. The van der Waals surface area contributed by atoms with E-state index in [-0.39, 0.29) is 35.1 Å². The van der Waals surface area contributed by atoms with E-state index in [2.05, 4.69) is 10.5 Å². The number of carbonyl (C=O) groups excluding carboxylic acids is 3. The summed E-state index contributed by atoms with van der Waals surface area (Å²) in [4.78, 5) is 38.4. The van der Waals surface area contributed by atoms with Gasteiger partial charge >= 0.3 is 5.97 Å². The van der Waals surface area contributed by atoms with Crippen LogP contribution in [0, 0.1) is 12.3 Å². The SMILES string of the molecule is CC(=O)N1C(c2ccccc2OC(=O)c2cc(C)on2)C[C@]2(C)CC(=O)NC12. The fourth-order valence-electron chi connectivity index (χ4n) is 4.27. The highest BCUT2D eigenvalue weighted by Crippen LogP contribution is 2.52. The van der Waals surface area contributed by atoms with Gasteiger partial charge in [-0.25, -0.2) is 4.79 Å². The number of rotatable bonds is 3. The summed E-state index contributed by atoms with van der Waals surface area (Å²) in [6.07, 6.45) is 0.579. The molecule has 0 bridgehead atoms. The summed E-state index contributed by atoms with van der Waals surface area (Å²) in [7, 11) is 0. The van der Waals surface area contributed by atoms with Crippen LogP contribution in [0.3, 0.4) is 0 Å². The number of hydrogen-bond donors (Lipinski definition) is 1. The Hall–Kier alpha value is -3.16. The number of carbonyl (C=O) groups is 3. The standard InChI is InChI=1S/C20H21N3O5/c1-11-8-14(22-28-11)18(26)27-16-7-5-4-6-13(16)15-9-20(3)10-17(25)21-19(20)23(15)12(2)24/h4-8,15,19H,9-10H2,1-3H3,(H,21,25)/t15?,19?,20-/m1/s1. The first-order valence-electron chi connectivity index (χ1n) is 9.11. The fourth-order valence-corrected chi connectivity index (χ4v) is 4.27. The number of nitrogens with one attached hydrogen (secondary N) is 1. The van der Waals surface area contributed by atoms with E-state index in [1.807, 2.05) is 19.1 Å². The minimum absolute atomic E-state index is 0.0571. The Labute approximate surface area is 161 Å². The molecule has 2 aliphatic heterocycles. The maximum absolute atomic E-state index is 12.4. The number of fused-ring (bicyclic) bond motifs is 1. The summed E-state index contributed by atoms with van der Waals surface area (Å²) >= 11 is 0. The molecule has 3 heterocycles. The molecule has 2 unspecified atom stereocenters. The molecule has 0 aliphatic carbocycles. The summed E-state index contributed by atoms with van der Waals surface area (Å²) < 4.78 is 10.5. The largest absolute Gasteiger partial charge is 0.421 e. The highest BCUT2D eigenvalue weighted by atomic mass is 16.5. The second kappa shape index (κ2) is 6.47. The van der Waals surface area contributed by atoms with Crippen LogP contribution in [0.15, 0.2) is 34.9 Å². The number of hydrogen-bond acceptors (Lipinski definition) is 6. The number of aromatic nitrogens is 1. The topological polar surface area (TPSA) is 102 Å². The molecule has 0 spiro atoms. The smallest absolute Gasteiger partial charge is 0.365 e. The molecule has 2 saturated heterocycles. The van der Waals surface area contributed by atoms with Crippen LogP contribution in [0.25, 0.3) is 0 Å². The zero-order chi connectivity index (χ0) is 20.1. The molecule has 2 aromatic rings. The zero-order valence-electron chi connectivity index (χ0n) is 15.9. The first-order chi connectivity index (χ1) is 13.3. The molecule has 1 aromatic heterocycles. The summed E-state index contributed by atoms with van der Waals surface area (Å²) in [5.74, 6) is 0.0402. The number of benzene rings is 1. The van der Waals surface area contributed by atoms with E-state index in [1.165, 1.54) is 13.0 Å². The van der Waals surface area contributed by atoms with Crippen molar-refractivity contribution in [2.75, 3.05) is 0 Å². The lowest BCUT2D eigenvalue weighted by molar-refractivity contribution is -0.133. The average Bonchev–Trinajstić information content (AvgIpc) is 3.25. The van der Waals surface area contributed by atoms with Crippen LogP contribution < -0.4 is 10.1 Å². The lowest BCUT2D eigenvalue weighted by atomic mass is 9.83. The molecular weight excluding hydrogens is 362 g/mol. The molecular formula is C20H21N3O5. The molecule has 4 rings (SSSR count). The third-order valence-corrected chi connectivity index (χ3v) is 5.48. The van der Waals surface area contributed by atoms with Crippen LogP contribution >= 0.6 is 0 Å². The quantitative estimate of drug-likeness (QED) is 0.645. The summed E-state index contributed by atoms with van der Waals surface area (Å²) in [6, 6.07) is 8.31. The number of aryl methyl sites for hydroxylation is 1. The van der Waals surface area contributed by atoms with Gasteiger partial charge in [-0.1, -0.05) is 30.3 Å². The highest BCUT2D eigenvalue weighted by Gasteiger charge is 2.56. The van der Waals surface area contributed by atoms with Crippen molar-refractivity contribution >= 4 is 17.8 Å². The molecule has 146 valence electrons. The van der Waals surface area contributed by atoms with Crippen molar-refractivity contribution < 1.29 is 23.6 Å². The molecule has 2 aliphatic rings. The molecule has 28 heavy (non-hydrogen) atoms. The zero-order valence-corrected chi connectivity index (χ0v) is 15.9. The Kier molecular flexibility index (Phi) is 4.21. The van der Waals surface area contributed by atoms with Crippen LogP contribution in [0.1, 0.15) is 54.5 Å². The Balaban J connectivity index is 1.67. The number of amides is 2. The van der Waals surface area contributed by atoms with E-state index in [1.54, 1.807) is 24.0 Å². The average molecular weight is 383 g/mol. The van der Waals surface area contributed by atoms with E-state index in [0.717, 1.165) is 5.56 Å². The van der Waals surface area contributed by atoms with Gasteiger partial charge < -0.3 is 19.5 Å². The van der Waals surface area contributed by atoms with E-state index in [0.29, 0.717) is 24.4 Å². The van der Waals surface area contributed by atoms with Gasteiger partial charge in [0.05, 0.1) is 6.04 Å². The van der Waals surface area contributed by atoms with Crippen molar-refractivity contribution in [3.05, 3.63) is 47.3 Å². The normalized spacial score (nSPS) is 26.1. The number of likely N-dealkylation sites (tertiary alicyclic amines) is 1. The Morgan fingerprint density at radius 3 is 2.79 bits per heavy atom. The molecule has 2 fully saturated rings. The minimum atomic E-state index is -0.628. The highest BCUT2D eigenvalue weighted by molar-refractivity contribution is 5.89. The van der Waals surface area contributed by atoms with Crippen molar-refractivity contribution in [1.82, 2.24) is 15.4 Å². The van der Waals surface area contributed by atoms with Crippen molar-refractivity contribution in [2.24, 2.45) is 5.41 Å². The number of nitrogens with zero attached hydrogens (tertiary/aromatic N) is 2. The Bertz CT molecular complexity index is 968. The van der Waals surface area contributed by atoms with Crippen LogP contribution in [-0.2, 0) is 9.59 Å². The lowest BCUT2D eigenvalue weighted by Gasteiger charge is -2.30. The molecule has 8 nitrogen and oxygen atoms in total. The molecule has 0 radical (unpaired) electrons. The summed E-state index contributed by atoms with van der Waals surface area (Å²) in [6.45, 7) is 5.17. The van der Waals surface area contributed by atoms with E-state index in [9.17, 15) is 14.4 Å². The molecule has 3 atom stereocenters. The van der Waals surface area contributed by atoms with Crippen LogP contribution in [0.4, 0.5) is 0 Å². The van der Waals surface area contributed by atoms with Gasteiger partial charge in [-0.05, 0) is 19.4 Å². The minimum Gasteiger partial charge on any atom is -0.421 e. The maximum Gasteiger partial charge on any atom is 0.365 e. The van der Waals surface area contributed by atoms with Gasteiger partial charge in [0, 0.05) is 30.4 Å². The van der Waals surface area contributed by atoms with Crippen LogP contribution in [0.5, 0.6) is 5.75 Å². The van der Waals surface area contributed by atoms with E-state index in [4.69, 9.17) is 9.26 Å². The van der Waals surface area contributed by atoms with Crippen molar-refractivity contribution in [3.63, 3.8) is 0 Å². The second-order valence-corrected chi connectivity index (χ2v) is 7.70. The fraction of sp³-hybridized carbons (Fsp3) is 0.400. The number of ether oxygens (including phenoxy) is 1. The molecule has 1 aromatic carbocycles. The van der Waals surface area contributed by atoms with Crippen LogP contribution in [0.2, 0.25) is 0 Å². The predicted molar refractivity (Wildman–Crippen MR) is 97.2 cm³/mol. The van der Waals surface area contributed by atoms with Crippen molar-refractivity contribution in [1.29, 1.82) is 0 Å².